The van der Waals surface area contributed by atoms with Crippen molar-refractivity contribution in [2.75, 3.05) is 18.4 Å². The van der Waals surface area contributed by atoms with Crippen molar-refractivity contribution in [2.24, 2.45) is 0 Å². The number of hydrogen-bond acceptors (Lipinski definition) is 1. The predicted molar refractivity (Wildman–Crippen MR) is 46.6 cm³/mol. The fourth-order valence-electron chi connectivity index (χ4n) is 0.859. The van der Waals surface area contributed by atoms with Crippen LogP contribution in [0.2, 0.25) is 0 Å². The second-order valence-electron chi connectivity index (χ2n) is 2.87. The molecule has 0 heterocycles. The monoisotopic (exact) mass is 247 g/mol. The molecule has 0 aromatic heterocycles. The Morgan fingerprint density at radius 2 is 1.83 bits per heavy atom. The Balaban J connectivity index is 3.95. The molecular weight excluding hydrogens is 235 g/mol. The summed E-state index contributed by atoms with van der Waals surface area (Å²) in [6.07, 6.45) is -4.09. The first-order valence-corrected chi connectivity index (χ1v) is 4.85. The fourth-order valence-corrected chi connectivity index (χ4v) is 1.31. The van der Waals surface area contributed by atoms with Gasteiger partial charge in [-0.05, 0) is 13.8 Å². The van der Waals surface area contributed by atoms with Gasteiger partial charge < -0.3 is 0 Å². The molecule has 0 aliphatic heterocycles. The van der Waals surface area contributed by atoms with Crippen LogP contribution in [0.5, 0.6) is 0 Å². The van der Waals surface area contributed by atoms with Crippen molar-refractivity contribution in [3.8, 4) is 0 Å². The highest BCUT2D eigenvalue weighted by atomic mass is 79.9. The van der Waals surface area contributed by atoms with E-state index in [-0.39, 0.29) is 6.04 Å². The Kier molecular flexibility index (Phi) is 5.16. The average Bonchev–Trinajstić information content (AvgIpc) is 1.83. The second-order valence-corrected chi connectivity index (χ2v) is 3.66. The highest BCUT2D eigenvalue weighted by molar-refractivity contribution is 9.09. The van der Waals surface area contributed by atoms with E-state index in [0.29, 0.717) is 11.9 Å². The first kappa shape index (κ1) is 12.2. The van der Waals surface area contributed by atoms with E-state index in [1.54, 1.807) is 13.8 Å². The normalized spacial score (nSPS) is 13.0. The first-order chi connectivity index (χ1) is 5.37. The van der Waals surface area contributed by atoms with Gasteiger partial charge in [0.15, 0.2) is 0 Å². The Morgan fingerprint density at radius 1 is 1.33 bits per heavy atom. The number of halogens is 4. The molecule has 0 aliphatic carbocycles. The quantitative estimate of drug-likeness (QED) is 0.691. The van der Waals surface area contributed by atoms with Crippen molar-refractivity contribution in [2.45, 2.75) is 26.1 Å². The van der Waals surface area contributed by atoms with Crippen LogP contribution in [0.4, 0.5) is 13.2 Å². The van der Waals surface area contributed by atoms with E-state index in [0.717, 1.165) is 0 Å². The van der Waals surface area contributed by atoms with Gasteiger partial charge >= 0.3 is 6.18 Å². The maximum absolute atomic E-state index is 11.9. The molecule has 0 aromatic carbocycles. The summed E-state index contributed by atoms with van der Waals surface area (Å²) in [6, 6.07) is -0.0656. The van der Waals surface area contributed by atoms with Crippen LogP contribution in [0.15, 0.2) is 0 Å². The van der Waals surface area contributed by atoms with E-state index in [4.69, 9.17) is 0 Å². The van der Waals surface area contributed by atoms with Crippen molar-refractivity contribution in [1.29, 1.82) is 0 Å². The van der Waals surface area contributed by atoms with Crippen molar-refractivity contribution in [3.63, 3.8) is 0 Å². The minimum absolute atomic E-state index is 0.0656. The van der Waals surface area contributed by atoms with Crippen molar-refractivity contribution < 1.29 is 13.2 Å². The molecule has 0 radical (unpaired) electrons. The summed E-state index contributed by atoms with van der Waals surface area (Å²) in [4.78, 5) is 1.38. The summed E-state index contributed by atoms with van der Waals surface area (Å²) in [6.45, 7) is 3.12. The molecule has 0 saturated carbocycles. The van der Waals surface area contributed by atoms with Crippen LogP contribution in [0.25, 0.3) is 0 Å². The lowest BCUT2D eigenvalue weighted by atomic mass is 10.3. The summed E-state index contributed by atoms with van der Waals surface area (Å²) in [7, 11) is 0. The van der Waals surface area contributed by atoms with Crippen LogP contribution in [0.3, 0.4) is 0 Å². The van der Waals surface area contributed by atoms with Gasteiger partial charge in [-0.2, -0.15) is 13.2 Å². The zero-order valence-corrected chi connectivity index (χ0v) is 8.74. The third-order valence-electron chi connectivity index (χ3n) is 1.48. The summed E-state index contributed by atoms with van der Waals surface area (Å²) in [5.41, 5.74) is 0. The van der Waals surface area contributed by atoms with Crippen molar-refractivity contribution in [1.82, 2.24) is 4.90 Å². The number of alkyl halides is 4. The molecule has 0 saturated heterocycles. The zero-order chi connectivity index (χ0) is 9.78. The number of rotatable bonds is 4. The van der Waals surface area contributed by atoms with E-state index in [1.165, 1.54) is 4.90 Å². The molecule has 0 N–H and O–H groups in total. The van der Waals surface area contributed by atoms with E-state index in [9.17, 15) is 13.2 Å². The molecule has 12 heavy (non-hydrogen) atoms. The topological polar surface area (TPSA) is 3.24 Å². The first-order valence-electron chi connectivity index (χ1n) is 3.73. The van der Waals surface area contributed by atoms with Crippen LogP contribution in [0, 0.1) is 0 Å². The van der Waals surface area contributed by atoms with Gasteiger partial charge in [0.25, 0.3) is 0 Å². The Labute approximate surface area is 79.1 Å². The van der Waals surface area contributed by atoms with Gasteiger partial charge in [-0.1, -0.05) is 15.9 Å². The van der Waals surface area contributed by atoms with E-state index in [1.807, 2.05) is 0 Å². The Hall–Kier alpha value is 0.230. The van der Waals surface area contributed by atoms with Crippen LogP contribution in [-0.2, 0) is 0 Å². The lowest BCUT2D eigenvalue weighted by molar-refractivity contribution is -0.148. The lowest BCUT2D eigenvalue weighted by Crippen LogP contribution is -2.40. The standard InChI is InChI=1S/C7H13BrF3N/c1-6(2)12(4-3-8)5-7(9,10)11/h6H,3-5H2,1-2H3. The molecular formula is C7H13BrF3N. The SMILES string of the molecule is CC(C)N(CCBr)CC(F)(F)F. The van der Waals surface area contributed by atoms with Crippen LogP contribution < -0.4 is 0 Å². The summed E-state index contributed by atoms with van der Waals surface area (Å²) in [5, 5.41) is 0.571. The van der Waals surface area contributed by atoms with E-state index >= 15 is 0 Å². The summed E-state index contributed by atoms with van der Waals surface area (Å²) < 4.78 is 35.8. The molecule has 0 bridgehead atoms. The minimum atomic E-state index is -4.09. The summed E-state index contributed by atoms with van der Waals surface area (Å²) in [5.74, 6) is 0. The maximum atomic E-state index is 11.9. The number of nitrogens with zero attached hydrogens (tertiary/aromatic N) is 1. The summed E-state index contributed by atoms with van der Waals surface area (Å²) >= 11 is 3.12. The maximum Gasteiger partial charge on any atom is 0.401 e. The lowest BCUT2D eigenvalue weighted by Gasteiger charge is -2.26. The van der Waals surface area contributed by atoms with Gasteiger partial charge in [0.2, 0.25) is 0 Å². The van der Waals surface area contributed by atoms with Gasteiger partial charge in [-0.3, -0.25) is 4.90 Å². The second kappa shape index (κ2) is 5.07. The zero-order valence-electron chi connectivity index (χ0n) is 7.16. The molecule has 0 aliphatic rings. The highest BCUT2D eigenvalue weighted by Gasteiger charge is 2.31. The average molecular weight is 248 g/mol. The smallest absolute Gasteiger partial charge is 0.292 e. The van der Waals surface area contributed by atoms with Gasteiger partial charge in [-0.15, -0.1) is 0 Å². The van der Waals surface area contributed by atoms with Crippen molar-refractivity contribution in [3.05, 3.63) is 0 Å². The largest absolute Gasteiger partial charge is 0.401 e. The fraction of sp³-hybridized carbons (Fsp3) is 1.00. The molecule has 0 aromatic rings. The van der Waals surface area contributed by atoms with Crippen LogP contribution in [-0.4, -0.2) is 35.5 Å². The van der Waals surface area contributed by atoms with Gasteiger partial charge in [0.05, 0.1) is 6.54 Å². The molecule has 1 nitrogen and oxygen atoms in total. The van der Waals surface area contributed by atoms with Crippen LogP contribution >= 0.6 is 15.9 Å². The Bertz CT molecular complexity index is 124. The third-order valence-corrected chi connectivity index (χ3v) is 1.84. The van der Waals surface area contributed by atoms with Gasteiger partial charge in [-0.25, -0.2) is 0 Å². The molecule has 0 atom stereocenters. The predicted octanol–water partition coefficient (Wildman–Crippen LogP) is 2.65. The number of hydrogen-bond donors (Lipinski definition) is 0. The van der Waals surface area contributed by atoms with E-state index < -0.39 is 12.7 Å². The molecule has 0 rings (SSSR count). The third kappa shape index (κ3) is 5.83. The van der Waals surface area contributed by atoms with E-state index in [2.05, 4.69) is 15.9 Å². The Morgan fingerprint density at radius 3 is 2.08 bits per heavy atom. The highest BCUT2D eigenvalue weighted by Crippen LogP contribution is 2.17. The van der Waals surface area contributed by atoms with Gasteiger partial charge in [0, 0.05) is 17.9 Å². The minimum Gasteiger partial charge on any atom is -0.292 e. The molecule has 5 heteroatoms. The molecule has 74 valence electrons. The molecule has 0 spiro atoms. The van der Waals surface area contributed by atoms with Gasteiger partial charge in [0.1, 0.15) is 0 Å². The molecule has 0 unspecified atom stereocenters. The molecule has 0 amide bonds. The van der Waals surface area contributed by atoms with Crippen LogP contribution in [0.1, 0.15) is 13.8 Å². The molecule has 0 fully saturated rings. The van der Waals surface area contributed by atoms with Crippen molar-refractivity contribution >= 4 is 15.9 Å².